The van der Waals surface area contributed by atoms with Crippen molar-refractivity contribution in [2.24, 2.45) is 35.5 Å². The second kappa shape index (κ2) is 8.29. The average molecular weight is 488 g/mol. The Kier molecular flexibility index (Phi) is 5.17. The minimum Gasteiger partial charge on any atom is -0.494 e. The van der Waals surface area contributed by atoms with Gasteiger partial charge in [0.25, 0.3) is 11.6 Å². The lowest BCUT2D eigenvalue weighted by Gasteiger charge is -2.37. The fourth-order valence-electron chi connectivity index (χ4n) is 6.33. The molecule has 6 atom stereocenters. The molecule has 3 fully saturated rings. The zero-order valence-electron chi connectivity index (χ0n) is 19.7. The van der Waals surface area contributed by atoms with Crippen LogP contribution in [0.15, 0.2) is 60.7 Å². The molecule has 3 amide bonds. The molecule has 184 valence electrons. The summed E-state index contributed by atoms with van der Waals surface area (Å²) in [5, 5.41) is 11.0. The summed E-state index contributed by atoms with van der Waals surface area (Å²) in [6.07, 6.45) is 5.30. The molecule has 6 unspecified atom stereocenters. The van der Waals surface area contributed by atoms with Gasteiger partial charge in [0.2, 0.25) is 11.8 Å². The third kappa shape index (κ3) is 3.41. The molecule has 5 aliphatic rings. The maximum absolute atomic E-state index is 13.6. The first-order chi connectivity index (χ1) is 17.4. The number of nitro benzene ring substituents is 1. The zero-order chi connectivity index (χ0) is 25.1. The van der Waals surface area contributed by atoms with Crippen molar-refractivity contribution in [3.05, 3.63) is 76.4 Å². The van der Waals surface area contributed by atoms with Gasteiger partial charge in [0.05, 0.1) is 23.4 Å². The molecule has 0 aromatic heterocycles. The predicted molar refractivity (Wildman–Crippen MR) is 129 cm³/mol. The number of hydrogen-bond acceptors (Lipinski definition) is 6. The van der Waals surface area contributed by atoms with E-state index in [0.717, 1.165) is 6.42 Å². The summed E-state index contributed by atoms with van der Waals surface area (Å²) >= 11 is 0. The molecule has 1 heterocycles. The fourth-order valence-corrected chi connectivity index (χ4v) is 6.33. The summed E-state index contributed by atoms with van der Waals surface area (Å²) in [6.45, 7) is 2.14. The van der Waals surface area contributed by atoms with Gasteiger partial charge < -0.3 is 4.74 Å². The van der Waals surface area contributed by atoms with Crippen LogP contribution in [-0.4, -0.2) is 40.8 Å². The highest BCUT2D eigenvalue weighted by Gasteiger charge is 2.67. The van der Waals surface area contributed by atoms with E-state index in [-0.39, 0.29) is 53.4 Å². The highest BCUT2D eigenvalue weighted by atomic mass is 16.6. The molecule has 1 saturated heterocycles. The number of amides is 3. The van der Waals surface area contributed by atoms with E-state index < -0.39 is 10.8 Å². The van der Waals surface area contributed by atoms with Crippen molar-refractivity contribution in [2.45, 2.75) is 13.3 Å². The third-order valence-corrected chi connectivity index (χ3v) is 8.07. The van der Waals surface area contributed by atoms with Crippen molar-refractivity contribution < 1.29 is 24.0 Å². The molecule has 36 heavy (non-hydrogen) atoms. The number of non-ortho nitro benzene ring substituents is 1. The number of carbonyl (C=O) groups excluding carboxylic acids is 3. The van der Waals surface area contributed by atoms with Gasteiger partial charge in [-0.15, -0.1) is 0 Å². The second-order valence-electron chi connectivity index (χ2n) is 9.86. The molecular weight excluding hydrogens is 462 g/mol. The van der Waals surface area contributed by atoms with E-state index in [9.17, 15) is 24.5 Å². The Hall–Kier alpha value is -4.01. The lowest BCUT2D eigenvalue weighted by molar-refractivity contribution is -0.384. The lowest BCUT2D eigenvalue weighted by Crippen LogP contribution is -2.45. The maximum Gasteiger partial charge on any atom is 0.269 e. The smallest absolute Gasteiger partial charge is 0.269 e. The Bertz CT molecular complexity index is 1250. The minimum atomic E-state index is -0.533. The molecule has 9 nitrogen and oxygen atoms in total. The van der Waals surface area contributed by atoms with E-state index in [1.54, 1.807) is 24.3 Å². The average Bonchev–Trinajstić information content (AvgIpc) is 3.68. The van der Waals surface area contributed by atoms with Crippen LogP contribution in [0.3, 0.4) is 0 Å². The Balaban J connectivity index is 1.32. The first-order valence-electron chi connectivity index (χ1n) is 12.2. The Labute approximate surface area is 207 Å². The zero-order valence-corrected chi connectivity index (χ0v) is 19.7. The number of imide groups is 1. The van der Waals surface area contributed by atoms with Gasteiger partial charge in [0, 0.05) is 23.4 Å². The molecule has 7 rings (SSSR count). The summed E-state index contributed by atoms with van der Waals surface area (Å²) in [5.74, 6) is 0.180. The van der Waals surface area contributed by atoms with E-state index in [0.29, 0.717) is 29.9 Å². The number of anilines is 1. The topological polar surface area (TPSA) is 110 Å². The van der Waals surface area contributed by atoms with Gasteiger partial charge >= 0.3 is 0 Å². The Morgan fingerprint density at radius 3 is 2.11 bits per heavy atom. The highest BCUT2D eigenvalue weighted by Crippen LogP contribution is 2.65. The number of nitro groups is 1. The van der Waals surface area contributed by atoms with Gasteiger partial charge in [-0.1, -0.05) is 12.2 Å². The molecule has 0 N–H and O–H groups in total. The molecule has 4 aliphatic carbocycles. The number of rotatable bonds is 7. The van der Waals surface area contributed by atoms with Crippen LogP contribution in [0.5, 0.6) is 5.75 Å². The molecule has 0 radical (unpaired) electrons. The predicted octanol–water partition coefficient (Wildman–Crippen LogP) is 3.65. The van der Waals surface area contributed by atoms with Gasteiger partial charge in [-0.25, -0.2) is 0 Å². The molecule has 2 bridgehead atoms. The van der Waals surface area contributed by atoms with E-state index >= 15 is 0 Å². The van der Waals surface area contributed by atoms with E-state index in [4.69, 9.17) is 4.74 Å². The Morgan fingerprint density at radius 2 is 1.58 bits per heavy atom. The van der Waals surface area contributed by atoms with Crippen LogP contribution in [0.2, 0.25) is 0 Å². The SMILES string of the molecule is CCOc1ccc(N(CN2C(=O)C3C4C=CC(C5CC45)C3C2=O)C(=O)c2ccc([N+](=O)[O-])cc2)cc1. The monoisotopic (exact) mass is 487 g/mol. The first-order valence-corrected chi connectivity index (χ1v) is 12.2. The van der Waals surface area contributed by atoms with E-state index in [1.165, 1.54) is 34.1 Å². The quantitative estimate of drug-likeness (QED) is 0.255. The molecule has 2 aromatic carbocycles. The molecule has 1 aliphatic heterocycles. The molecule has 2 aromatic rings. The van der Waals surface area contributed by atoms with Crippen LogP contribution in [0.1, 0.15) is 23.7 Å². The Morgan fingerprint density at radius 1 is 1.00 bits per heavy atom. The molecule has 9 heteroatoms. The van der Waals surface area contributed by atoms with E-state index in [1.807, 2.05) is 6.92 Å². The molecular formula is C27H25N3O6. The van der Waals surface area contributed by atoms with Gasteiger partial charge in [-0.2, -0.15) is 0 Å². The van der Waals surface area contributed by atoms with Gasteiger partial charge in [0.1, 0.15) is 12.4 Å². The number of hydrogen-bond donors (Lipinski definition) is 0. The maximum atomic E-state index is 13.6. The highest BCUT2D eigenvalue weighted by molar-refractivity contribution is 6.10. The van der Waals surface area contributed by atoms with E-state index in [2.05, 4.69) is 12.2 Å². The van der Waals surface area contributed by atoms with Crippen molar-refractivity contribution in [1.29, 1.82) is 0 Å². The first kappa shape index (κ1) is 22.5. The van der Waals surface area contributed by atoms with Crippen molar-refractivity contribution in [1.82, 2.24) is 4.90 Å². The number of ether oxygens (including phenoxy) is 1. The van der Waals surface area contributed by atoms with Crippen LogP contribution in [-0.2, 0) is 9.59 Å². The van der Waals surface area contributed by atoms with Crippen LogP contribution >= 0.6 is 0 Å². The minimum absolute atomic E-state index is 0.0933. The summed E-state index contributed by atoms with van der Waals surface area (Å²) in [7, 11) is 0. The summed E-state index contributed by atoms with van der Waals surface area (Å²) < 4.78 is 5.50. The standard InChI is InChI=1S/C27H25N3O6/c1-2-36-18-9-7-16(8-10-18)28(25(31)15-3-5-17(6-4-15)30(34)35)14-29-26(32)23-19-11-12-20(22-13-21(19)22)24(23)27(29)33/h3-12,19-24H,2,13-14H2,1H3. The lowest BCUT2D eigenvalue weighted by atomic mass is 9.63. The van der Waals surface area contributed by atoms with Crippen molar-refractivity contribution in [3.63, 3.8) is 0 Å². The van der Waals surface area contributed by atoms with Crippen molar-refractivity contribution >= 4 is 29.1 Å². The number of carbonyl (C=O) groups is 3. The number of allylic oxidation sites excluding steroid dienone is 2. The summed E-state index contributed by atoms with van der Waals surface area (Å²) in [6, 6.07) is 12.1. The number of benzene rings is 2. The van der Waals surface area contributed by atoms with Crippen LogP contribution in [0.25, 0.3) is 0 Å². The van der Waals surface area contributed by atoms with Crippen LogP contribution < -0.4 is 9.64 Å². The normalized spacial score (nSPS) is 29.1. The second-order valence-corrected chi connectivity index (χ2v) is 9.86. The van der Waals surface area contributed by atoms with Crippen molar-refractivity contribution in [2.75, 3.05) is 18.2 Å². The van der Waals surface area contributed by atoms with Gasteiger partial charge in [0.15, 0.2) is 0 Å². The number of nitrogens with zero attached hydrogens (tertiary/aromatic N) is 3. The van der Waals surface area contributed by atoms with Crippen LogP contribution in [0, 0.1) is 45.6 Å². The fraction of sp³-hybridized carbons (Fsp3) is 0.370. The van der Waals surface area contributed by atoms with Crippen LogP contribution in [0.4, 0.5) is 11.4 Å². The van der Waals surface area contributed by atoms with Gasteiger partial charge in [-0.05, 0) is 73.4 Å². The third-order valence-electron chi connectivity index (χ3n) is 8.07. The largest absolute Gasteiger partial charge is 0.494 e. The summed E-state index contributed by atoms with van der Waals surface area (Å²) in [5.41, 5.74) is 0.574. The van der Waals surface area contributed by atoms with Crippen molar-refractivity contribution in [3.8, 4) is 5.75 Å². The number of likely N-dealkylation sites (tertiary alicyclic amines) is 1. The molecule has 2 saturated carbocycles. The van der Waals surface area contributed by atoms with Gasteiger partial charge in [-0.3, -0.25) is 34.3 Å². The molecule has 0 spiro atoms. The summed E-state index contributed by atoms with van der Waals surface area (Å²) in [4.78, 5) is 53.8.